The monoisotopic (exact) mass is 344 g/mol. The van der Waals surface area contributed by atoms with Crippen LogP contribution in [0.5, 0.6) is 0 Å². The number of carbonyl (C=O) groups excluding carboxylic acids is 1. The number of aliphatic carboxylic acids is 1. The number of thioether (sulfide) groups is 1. The first-order valence-electron chi connectivity index (χ1n) is 6.49. The van der Waals surface area contributed by atoms with E-state index in [9.17, 15) is 18.0 Å². The fourth-order valence-corrected chi connectivity index (χ4v) is 5.17. The first-order valence-corrected chi connectivity index (χ1v) is 8.98. The van der Waals surface area contributed by atoms with Gasteiger partial charge >= 0.3 is 5.97 Å². The van der Waals surface area contributed by atoms with Gasteiger partial charge in [-0.15, -0.1) is 11.8 Å². The molecule has 9 heteroatoms. The Labute approximate surface area is 133 Å². The van der Waals surface area contributed by atoms with E-state index in [0.717, 1.165) is 22.4 Å². The summed E-state index contributed by atoms with van der Waals surface area (Å²) in [5.74, 6) is -0.721. The minimum absolute atomic E-state index is 0.0245. The lowest BCUT2D eigenvalue weighted by molar-refractivity contribution is -0.138. The van der Waals surface area contributed by atoms with Gasteiger partial charge in [0, 0.05) is 25.0 Å². The Morgan fingerprint density at radius 1 is 1.55 bits per heavy atom. The lowest BCUT2D eigenvalue weighted by Crippen LogP contribution is -2.39. The fraction of sp³-hybridized carbons (Fsp3) is 0.385. The van der Waals surface area contributed by atoms with Gasteiger partial charge < -0.3 is 14.8 Å². The fourth-order valence-electron chi connectivity index (χ4n) is 2.13. The minimum atomic E-state index is -3.89. The zero-order valence-electron chi connectivity index (χ0n) is 11.9. The molecule has 1 unspecified atom stereocenters. The van der Waals surface area contributed by atoms with E-state index in [1.54, 1.807) is 24.1 Å². The van der Waals surface area contributed by atoms with Crippen LogP contribution < -0.4 is 4.90 Å². The molecule has 1 heterocycles. The number of carboxylic acids is 1. The second kappa shape index (κ2) is 6.67. The van der Waals surface area contributed by atoms with Crippen LogP contribution in [0.25, 0.3) is 0 Å². The Bertz CT molecular complexity index is 677. The van der Waals surface area contributed by atoms with Crippen LogP contribution >= 0.6 is 11.8 Å². The lowest BCUT2D eigenvalue weighted by Gasteiger charge is -2.22. The summed E-state index contributed by atoms with van der Waals surface area (Å²) in [6, 6.07) is 6.13. The van der Waals surface area contributed by atoms with Gasteiger partial charge in [0.25, 0.3) is 0 Å². The summed E-state index contributed by atoms with van der Waals surface area (Å²) in [6.07, 6.45) is 0.721. The van der Waals surface area contributed by atoms with Crippen LogP contribution in [-0.4, -0.2) is 61.3 Å². The molecule has 1 N–H and O–H groups in total. The van der Waals surface area contributed by atoms with E-state index in [4.69, 9.17) is 5.11 Å². The molecule has 0 aliphatic carbocycles. The summed E-state index contributed by atoms with van der Waals surface area (Å²) < 4.78 is 26.3. The number of aldehydes is 1. The molecule has 120 valence electrons. The summed E-state index contributed by atoms with van der Waals surface area (Å²) in [6.45, 7) is 0.305. The van der Waals surface area contributed by atoms with Crippen molar-refractivity contribution < 1.29 is 23.1 Å². The molecule has 0 spiro atoms. The largest absolute Gasteiger partial charge is 0.479 e. The van der Waals surface area contributed by atoms with Gasteiger partial charge in [0.05, 0.1) is 11.4 Å². The maximum atomic E-state index is 12.6. The third-order valence-electron chi connectivity index (χ3n) is 3.27. The van der Waals surface area contributed by atoms with Crippen molar-refractivity contribution in [2.24, 2.45) is 0 Å². The average molecular weight is 344 g/mol. The van der Waals surface area contributed by atoms with Crippen LogP contribution in [0.2, 0.25) is 0 Å². The molecule has 1 aromatic rings. The van der Waals surface area contributed by atoms with Gasteiger partial charge in [-0.25, -0.2) is 13.2 Å². The molecule has 0 aromatic heterocycles. The number of carbonyl (C=O) groups is 2. The van der Waals surface area contributed by atoms with E-state index in [1.165, 1.54) is 12.1 Å². The van der Waals surface area contributed by atoms with Crippen molar-refractivity contribution in [2.45, 2.75) is 10.3 Å². The quantitative estimate of drug-likeness (QED) is 0.750. The van der Waals surface area contributed by atoms with E-state index in [-0.39, 0.29) is 18.0 Å². The predicted octanol–water partition coefficient (Wildman–Crippen LogP) is 0.470. The lowest BCUT2D eigenvalue weighted by atomic mass is 10.3. The highest BCUT2D eigenvalue weighted by Gasteiger charge is 2.40. The normalized spacial score (nSPS) is 19.0. The Morgan fingerprint density at radius 2 is 2.27 bits per heavy atom. The number of hydrogen-bond donors (Lipinski definition) is 1. The van der Waals surface area contributed by atoms with E-state index in [0.29, 0.717) is 11.4 Å². The second-order valence-corrected chi connectivity index (χ2v) is 7.80. The van der Waals surface area contributed by atoms with Crippen LogP contribution in [0.15, 0.2) is 29.2 Å². The predicted molar refractivity (Wildman–Crippen MR) is 83.5 cm³/mol. The van der Waals surface area contributed by atoms with E-state index >= 15 is 0 Å². The van der Waals surface area contributed by atoms with Gasteiger partial charge in [-0.2, -0.15) is 4.31 Å². The van der Waals surface area contributed by atoms with E-state index < -0.39 is 21.4 Å². The molecular formula is C13H16N2O5S2. The molecule has 0 radical (unpaired) electrons. The highest BCUT2D eigenvalue weighted by atomic mass is 32.2. The molecule has 1 atom stereocenters. The summed E-state index contributed by atoms with van der Waals surface area (Å²) >= 11 is 1.09. The summed E-state index contributed by atoms with van der Waals surface area (Å²) in [7, 11) is -2.21. The smallest absolute Gasteiger partial charge is 0.332 e. The van der Waals surface area contributed by atoms with Crippen molar-refractivity contribution in [1.29, 1.82) is 0 Å². The molecule has 1 aromatic carbocycles. The number of anilines is 1. The van der Waals surface area contributed by atoms with Crippen LogP contribution in [0.3, 0.4) is 0 Å². The highest BCUT2D eigenvalue weighted by Crippen LogP contribution is 2.31. The van der Waals surface area contributed by atoms with Crippen molar-refractivity contribution in [3.05, 3.63) is 24.3 Å². The number of likely N-dealkylation sites (N-methyl/N-ethyl adjacent to an activating group) is 1. The standard InChI is InChI=1S/C13H16N2O5S2/c1-14(5-7-16)10-3-2-4-11(9-10)22(19,20)15-6-8-21-12(15)13(17)18/h2-4,7,9,12H,5-6,8H2,1H3,(H,17,18). The van der Waals surface area contributed by atoms with Crippen molar-refractivity contribution in [1.82, 2.24) is 4.31 Å². The average Bonchev–Trinajstić information content (AvgIpc) is 2.98. The molecule has 1 fully saturated rings. The molecule has 1 aliphatic heterocycles. The van der Waals surface area contributed by atoms with Crippen LogP contribution in [0.1, 0.15) is 0 Å². The molecule has 7 nitrogen and oxygen atoms in total. The van der Waals surface area contributed by atoms with Gasteiger partial charge in [-0.3, -0.25) is 0 Å². The summed E-state index contributed by atoms with van der Waals surface area (Å²) in [5, 5.41) is 8.04. The zero-order valence-corrected chi connectivity index (χ0v) is 13.5. The number of benzene rings is 1. The topological polar surface area (TPSA) is 95.0 Å². The van der Waals surface area contributed by atoms with Crippen molar-refractivity contribution in [3.8, 4) is 0 Å². The number of hydrogen-bond acceptors (Lipinski definition) is 6. The highest BCUT2D eigenvalue weighted by molar-refractivity contribution is 8.02. The minimum Gasteiger partial charge on any atom is -0.479 e. The van der Waals surface area contributed by atoms with Gasteiger partial charge in [-0.1, -0.05) is 6.07 Å². The number of rotatable bonds is 6. The molecule has 2 rings (SSSR count). The van der Waals surface area contributed by atoms with Crippen molar-refractivity contribution in [2.75, 3.05) is 30.8 Å². The van der Waals surface area contributed by atoms with Crippen molar-refractivity contribution >= 4 is 39.7 Å². The molecular weight excluding hydrogens is 328 g/mol. The number of sulfonamides is 1. The second-order valence-electron chi connectivity index (χ2n) is 4.72. The summed E-state index contributed by atoms with van der Waals surface area (Å²) in [4.78, 5) is 23.4. The van der Waals surface area contributed by atoms with E-state index in [1.807, 2.05) is 0 Å². The molecule has 0 bridgehead atoms. The Balaban J connectivity index is 2.35. The summed E-state index contributed by atoms with van der Waals surface area (Å²) in [5.41, 5.74) is 0.576. The third-order valence-corrected chi connectivity index (χ3v) is 6.46. The number of nitrogens with zero attached hydrogens (tertiary/aromatic N) is 2. The maximum absolute atomic E-state index is 12.6. The van der Waals surface area contributed by atoms with Crippen LogP contribution in [0.4, 0.5) is 5.69 Å². The first-order chi connectivity index (χ1) is 10.4. The molecule has 22 heavy (non-hydrogen) atoms. The molecule has 1 aliphatic rings. The van der Waals surface area contributed by atoms with E-state index in [2.05, 4.69) is 0 Å². The molecule has 1 saturated heterocycles. The maximum Gasteiger partial charge on any atom is 0.332 e. The van der Waals surface area contributed by atoms with Crippen molar-refractivity contribution in [3.63, 3.8) is 0 Å². The van der Waals surface area contributed by atoms with Gasteiger partial charge in [-0.05, 0) is 18.2 Å². The Hall–Kier alpha value is -1.58. The Morgan fingerprint density at radius 3 is 2.91 bits per heavy atom. The van der Waals surface area contributed by atoms with Crippen LogP contribution in [0, 0.1) is 0 Å². The Kier molecular flexibility index (Phi) is 5.09. The van der Waals surface area contributed by atoms with Gasteiger partial charge in [0.15, 0.2) is 5.37 Å². The van der Waals surface area contributed by atoms with Gasteiger partial charge in [0.2, 0.25) is 10.0 Å². The first kappa shape index (κ1) is 16.8. The van der Waals surface area contributed by atoms with Gasteiger partial charge in [0.1, 0.15) is 6.29 Å². The molecule has 0 amide bonds. The SMILES string of the molecule is CN(CC=O)c1cccc(S(=O)(=O)N2CCSC2C(=O)O)c1. The van der Waals surface area contributed by atoms with Crippen LogP contribution in [-0.2, 0) is 19.6 Å². The zero-order chi connectivity index (χ0) is 16.3. The third kappa shape index (κ3) is 3.26. The number of carboxylic acid groups (broad SMARTS) is 1. The molecule has 0 saturated carbocycles.